The molecule has 1 aliphatic heterocycles. The highest BCUT2D eigenvalue weighted by Gasteiger charge is 2.19. The lowest BCUT2D eigenvalue weighted by atomic mass is 10.1. The number of para-hydroxylation sites is 1. The molecular weight excluding hydrogens is 274 g/mol. The van der Waals surface area contributed by atoms with Crippen LogP contribution in [0, 0.1) is 0 Å². The van der Waals surface area contributed by atoms with Crippen LogP contribution in [0.3, 0.4) is 0 Å². The molecular formula is C15H15NO5. The molecule has 1 fully saturated rings. The van der Waals surface area contributed by atoms with Crippen LogP contribution in [-0.4, -0.2) is 35.6 Å². The second-order valence-corrected chi connectivity index (χ2v) is 4.83. The zero-order chi connectivity index (χ0) is 14.7. The number of benzene rings is 1. The highest BCUT2D eigenvalue weighted by Crippen LogP contribution is 2.31. The fraction of sp³-hybridized carbons (Fsp3) is 0.333. The highest BCUT2D eigenvalue weighted by atomic mass is 16.5. The zero-order valence-electron chi connectivity index (χ0n) is 11.3. The summed E-state index contributed by atoms with van der Waals surface area (Å²) in [5, 5.41) is 12.4. The average molecular weight is 289 g/mol. The molecule has 3 rings (SSSR count). The smallest absolute Gasteiger partial charge is 0.358 e. The number of carboxylic acids is 1. The summed E-state index contributed by atoms with van der Waals surface area (Å²) in [6, 6.07) is 8.72. The van der Waals surface area contributed by atoms with Gasteiger partial charge in [0, 0.05) is 12.7 Å². The van der Waals surface area contributed by atoms with Crippen LogP contribution in [0.5, 0.6) is 5.75 Å². The van der Waals surface area contributed by atoms with Crippen molar-refractivity contribution in [3.8, 4) is 17.1 Å². The molecule has 0 bridgehead atoms. The van der Waals surface area contributed by atoms with Gasteiger partial charge < -0.3 is 19.1 Å². The molecule has 1 saturated heterocycles. The van der Waals surface area contributed by atoms with E-state index in [4.69, 9.17) is 19.1 Å². The highest BCUT2D eigenvalue weighted by molar-refractivity contribution is 5.86. The van der Waals surface area contributed by atoms with Crippen LogP contribution in [-0.2, 0) is 4.74 Å². The molecule has 110 valence electrons. The van der Waals surface area contributed by atoms with Crippen LogP contribution in [0.25, 0.3) is 11.3 Å². The topological polar surface area (TPSA) is 81.8 Å². The van der Waals surface area contributed by atoms with E-state index in [-0.39, 0.29) is 11.8 Å². The molecule has 0 amide bonds. The quantitative estimate of drug-likeness (QED) is 0.931. The Kier molecular flexibility index (Phi) is 3.87. The summed E-state index contributed by atoms with van der Waals surface area (Å²) < 4.78 is 16.4. The van der Waals surface area contributed by atoms with Crippen LogP contribution in [0.1, 0.15) is 23.3 Å². The van der Waals surface area contributed by atoms with Crippen molar-refractivity contribution in [2.24, 2.45) is 0 Å². The van der Waals surface area contributed by atoms with Crippen LogP contribution in [0.15, 0.2) is 34.9 Å². The first-order valence-electron chi connectivity index (χ1n) is 6.78. The van der Waals surface area contributed by atoms with E-state index in [1.54, 1.807) is 0 Å². The minimum atomic E-state index is -1.12. The number of carbonyl (C=O) groups is 1. The largest absolute Gasteiger partial charge is 0.487 e. The lowest BCUT2D eigenvalue weighted by Gasteiger charge is -2.24. The molecule has 1 aromatic carbocycles. The van der Waals surface area contributed by atoms with Gasteiger partial charge in [0.2, 0.25) is 0 Å². The molecule has 1 unspecified atom stereocenters. The van der Waals surface area contributed by atoms with E-state index < -0.39 is 5.97 Å². The van der Waals surface area contributed by atoms with Crippen LogP contribution in [0.4, 0.5) is 0 Å². The predicted molar refractivity (Wildman–Crippen MR) is 73.4 cm³/mol. The Morgan fingerprint density at radius 1 is 1.38 bits per heavy atom. The molecule has 1 atom stereocenters. The molecule has 2 heterocycles. The Morgan fingerprint density at radius 3 is 2.95 bits per heavy atom. The average Bonchev–Trinajstić information content (AvgIpc) is 2.99. The fourth-order valence-corrected chi connectivity index (χ4v) is 2.26. The molecule has 1 N–H and O–H groups in total. The maximum absolute atomic E-state index is 10.9. The summed E-state index contributed by atoms with van der Waals surface area (Å²) in [6.45, 7) is 1.33. The number of ether oxygens (including phenoxy) is 2. The number of hydrogen-bond donors (Lipinski definition) is 1. The summed E-state index contributed by atoms with van der Waals surface area (Å²) >= 11 is 0. The van der Waals surface area contributed by atoms with Gasteiger partial charge in [-0.2, -0.15) is 0 Å². The van der Waals surface area contributed by atoms with E-state index >= 15 is 0 Å². The van der Waals surface area contributed by atoms with Crippen molar-refractivity contribution in [3.63, 3.8) is 0 Å². The maximum Gasteiger partial charge on any atom is 0.358 e. The number of nitrogens with zero attached hydrogens (tertiary/aromatic N) is 1. The van der Waals surface area contributed by atoms with Crippen LogP contribution in [0.2, 0.25) is 0 Å². The van der Waals surface area contributed by atoms with Crippen molar-refractivity contribution in [2.45, 2.75) is 18.9 Å². The van der Waals surface area contributed by atoms with Gasteiger partial charge in [0.05, 0.1) is 12.2 Å². The molecule has 1 aliphatic rings. The summed E-state index contributed by atoms with van der Waals surface area (Å²) in [5.41, 5.74) is 0.559. The van der Waals surface area contributed by atoms with E-state index in [0.29, 0.717) is 23.7 Å². The summed E-state index contributed by atoms with van der Waals surface area (Å²) in [5.74, 6) is -0.107. The Morgan fingerprint density at radius 2 is 2.24 bits per heavy atom. The second-order valence-electron chi connectivity index (χ2n) is 4.83. The molecule has 2 aromatic rings. The van der Waals surface area contributed by atoms with E-state index in [1.165, 1.54) is 6.07 Å². The van der Waals surface area contributed by atoms with Crippen molar-refractivity contribution >= 4 is 5.97 Å². The molecule has 0 aliphatic carbocycles. The predicted octanol–water partition coefficient (Wildman–Crippen LogP) is 2.60. The standard InChI is InChI=1S/C15H15NO5/c17-15(18)12-8-14(21-16-12)11-5-1-2-6-13(11)20-10-4-3-7-19-9-10/h1-2,5-6,8,10H,3-4,7,9H2,(H,17,18). The van der Waals surface area contributed by atoms with Gasteiger partial charge in [-0.1, -0.05) is 17.3 Å². The minimum Gasteiger partial charge on any atom is -0.487 e. The first-order valence-corrected chi connectivity index (χ1v) is 6.78. The normalized spacial score (nSPS) is 18.4. The molecule has 0 spiro atoms. The van der Waals surface area contributed by atoms with Gasteiger partial charge in [-0.15, -0.1) is 0 Å². The lowest BCUT2D eigenvalue weighted by molar-refractivity contribution is 0.00762. The molecule has 21 heavy (non-hydrogen) atoms. The van der Waals surface area contributed by atoms with Gasteiger partial charge in [-0.3, -0.25) is 0 Å². The van der Waals surface area contributed by atoms with E-state index in [2.05, 4.69) is 5.16 Å². The third-order valence-electron chi connectivity index (χ3n) is 3.29. The van der Waals surface area contributed by atoms with Gasteiger partial charge in [0.15, 0.2) is 11.5 Å². The number of hydrogen-bond acceptors (Lipinski definition) is 5. The first kappa shape index (κ1) is 13.6. The molecule has 0 radical (unpaired) electrons. The second kappa shape index (κ2) is 5.97. The Bertz CT molecular complexity index is 630. The maximum atomic E-state index is 10.9. The van der Waals surface area contributed by atoms with Gasteiger partial charge in [-0.25, -0.2) is 4.79 Å². The summed E-state index contributed by atoms with van der Waals surface area (Å²) in [4.78, 5) is 10.9. The summed E-state index contributed by atoms with van der Waals surface area (Å²) in [6.07, 6.45) is 1.91. The summed E-state index contributed by atoms with van der Waals surface area (Å²) in [7, 11) is 0. The molecule has 6 heteroatoms. The third-order valence-corrected chi connectivity index (χ3v) is 3.29. The minimum absolute atomic E-state index is 0.00163. The van der Waals surface area contributed by atoms with E-state index in [0.717, 1.165) is 19.4 Å². The number of rotatable bonds is 4. The van der Waals surface area contributed by atoms with Crippen LogP contribution >= 0.6 is 0 Å². The Labute approximate surface area is 121 Å². The lowest BCUT2D eigenvalue weighted by Crippen LogP contribution is -2.28. The number of carboxylic acid groups (broad SMARTS) is 1. The molecule has 0 saturated carbocycles. The first-order chi connectivity index (χ1) is 10.2. The number of aromatic carboxylic acids is 1. The molecule has 6 nitrogen and oxygen atoms in total. The number of aromatic nitrogens is 1. The zero-order valence-corrected chi connectivity index (χ0v) is 11.3. The van der Waals surface area contributed by atoms with Crippen molar-refractivity contribution in [1.29, 1.82) is 0 Å². The Hall–Kier alpha value is -2.34. The monoisotopic (exact) mass is 289 g/mol. The molecule has 1 aromatic heterocycles. The van der Waals surface area contributed by atoms with E-state index in [1.807, 2.05) is 24.3 Å². The Balaban J connectivity index is 1.85. The van der Waals surface area contributed by atoms with Gasteiger partial charge in [-0.05, 0) is 25.0 Å². The van der Waals surface area contributed by atoms with Gasteiger partial charge in [0.1, 0.15) is 11.9 Å². The fourth-order valence-electron chi connectivity index (χ4n) is 2.26. The van der Waals surface area contributed by atoms with Gasteiger partial charge >= 0.3 is 5.97 Å². The SMILES string of the molecule is O=C(O)c1cc(-c2ccccc2OC2CCCOC2)on1. The van der Waals surface area contributed by atoms with E-state index in [9.17, 15) is 4.79 Å². The van der Waals surface area contributed by atoms with Crippen molar-refractivity contribution in [1.82, 2.24) is 5.16 Å². The van der Waals surface area contributed by atoms with Crippen molar-refractivity contribution < 1.29 is 23.9 Å². The van der Waals surface area contributed by atoms with Crippen molar-refractivity contribution in [3.05, 3.63) is 36.0 Å². The van der Waals surface area contributed by atoms with Gasteiger partial charge in [0.25, 0.3) is 0 Å². The van der Waals surface area contributed by atoms with Crippen LogP contribution < -0.4 is 4.74 Å². The van der Waals surface area contributed by atoms with Crippen molar-refractivity contribution in [2.75, 3.05) is 13.2 Å². The third kappa shape index (κ3) is 3.05.